The zero-order chi connectivity index (χ0) is 18.1. The van der Waals surface area contributed by atoms with E-state index in [4.69, 9.17) is 9.97 Å². The molecule has 0 amide bonds. The molecule has 0 aromatic carbocycles. The van der Waals surface area contributed by atoms with Gasteiger partial charge in [0.05, 0.1) is 17.8 Å². The molecular formula is C19H27N7. The molecule has 3 aromatic rings. The summed E-state index contributed by atoms with van der Waals surface area (Å²) in [6.07, 6.45) is 13.0. The molecule has 0 unspecified atom stereocenters. The van der Waals surface area contributed by atoms with Crippen molar-refractivity contribution in [2.75, 3.05) is 18.5 Å². The van der Waals surface area contributed by atoms with Crippen molar-refractivity contribution in [1.82, 2.24) is 29.5 Å². The average Bonchev–Trinajstić information content (AvgIpc) is 3.36. The Hall–Kier alpha value is -2.44. The summed E-state index contributed by atoms with van der Waals surface area (Å²) in [5.41, 5.74) is 2.22. The molecule has 4 rings (SSSR count). The van der Waals surface area contributed by atoms with Crippen LogP contribution in [0.15, 0.2) is 18.6 Å². The van der Waals surface area contributed by atoms with E-state index in [2.05, 4.69) is 28.3 Å². The first kappa shape index (κ1) is 17.0. The summed E-state index contributed by atoms with van der Waals surface area (Å²) in [5.74, 6) is 2.50. The van der Waals surface area contributed by atoms with Gasteiger partial charge in [0.2, 0.25) is 0 Å². The lowest BCUT2D eigenvalue weighted by atomic mass is 10.1. The number of hydrogen-bond acceptors (Lipinski definition) is 5. The molecule has 1 aliphatic carbocycles. The van der Waals surface area contributed by atoms with Gasteiger partial charge in [0, 0.05) is 39.8 Å². The van der Waals surface area contributed by atoms with Gasteiger partial charge in [-0.2, -0.15) is 10.2 Å². The zero-order valence-corrected chi connectivity index (χ0v) is 15.9. The number of fused-ring (bicyclic) bond motifs is 1. The van der Waals surface area contributed by atoms with Gasteiger partial charge in [-0.15, -0.1) is 0 Å². The molecule has 0 bridgehead atoms. The second-order valence-electron chi connectivity index (χ2n) is 7.44. The topological polar surface area (TPSA) is 64.7 Å². The molecule has 7 nitrogen and oxygen atoms in total. The Balaban J connectivity index is 1.55. The molecule has 0 N–H and O–H groups in total. The molecule has 138 valence electrons. The molecule has 3 aromatic heterocycles. The van der Waals surface area contributed by atoms with E-state index in [0.29, 0.717) is 5.92 Å². The van der Waals surface area contributed by atoms with Crippen LogP contribution in [0.4, 0.5) is 5.82 Å². The van der Waals surface area contributed by atoms with Crippen molar-refractivity contribution < 1.29 is 0 Å². The van der Waals surface area contributed by atoms with E-state index in [1.54, 1.807) is 0 Å². The maximum Gasteiger partial charge on any atom is 0.163 e. The summed E-state index contributed by atoms with van der Waals surface area (Å²) in [5, 5.41) is 9.70. The first-order chi connectivity index (χ1) is 12.6. The van der Waals surface area contributed by atoms with Crippen molar-refractivity contribution in [3.05, 3.63) is 30.0 Å². The molecule has 0 aliphatic heterocycles. The highest BCUT2D eigenvalue weighted by Gasteiger charge is 2.23. The number of rotatable bonds is 6. The normalized spacial score (nSPS) is 15.2. The monoisotopic (exact) mass is 353 g/mol. The van der Waals surface area contributed by atoms with Crippen molar-refractivity contribution in [2.45, 2.75) is 44.4 Å². The third-order valence-electron chi connectivity index (χ3n) is 5.39. The van der Waals surface area contributed by atoms with Crippen LogP contribution < -0.4 is 4.90 Å². The molecule has 1 aliphatic rings. The van der Waals surface area contributed by atoms with Gasteiger partial charge in [0.15, 0.2) is 5.65 Å². The van der Waals surface area contributed by atoms with Gasteiger partial charge >= 0.3 is 0 Å². The summed E-state index contributed by atoms with van der Waals surface area (Å²) >= 11 is 0. The predicted octanol–water partition coefficient (Wildman–Crippen LogP) is 2.82. The minimum Gasteiger partial charge on any atom is -0.359 e. The van der Waals surface area contributed by atoms with E-state index < -0.39 is 0 Å². The Kier molecular flexibility index (Phi) is 4.61. The highest BCUT2D eigenvalue weighted by Crippen LogP contribution is 2.34. The van der Waals surface area contributed by atoms with Crippen molar-refractivity contribution in [2.24, 2.45) is 14.1 Å². The van der Waals surface area contributed by atoms with Gasteiger partial charge < -0.3 is 4.90 Å². The van der Waals surface area contributed by atoms with Crippen LogP contribution >= 0.6 is 0 Å². The van der Waals surface area contributed by atoms with Crippen molar-refractivity contribution in [3.63, 3.8) is 0 Å². The van der Waals surface area contributed by atoms with E-state index in [-0.39, 0.29) is 0 Å². The van der Waals surface area contributed by atoms with E-state index in [1.807, 2.05) is 35.9 Å². The fourth-order valence-electron chi connectivity index (χ4n) is 3.91. The number of anilines is 1. The Labute approximate surface area is 154 Å². The standard InChI is InChI=1S/C19H27N7/c1-24(10-6-7-14-11-20-25(2)13-14)18-16-12-21-26(3)19(16)23-17(22-18)15-8-4-5-9-15/h11-13,15H,4-10H2,1-3H3. The van der Waals surface area contributed by atoms with Crippen molar-refractivity contribution in [1.29, 1.82) is 0 Å². The van der Waals surface area contributed by atoms with Crippen LogP contribution in [-0.2, 0) is 20.5 Å². The zero-order valence-electron chi connectivity index (χ0n) is 15.9. The summed E-state index contributed by atoms with van der Waals surface area (Å²) in [4.78, 5) is 12.1. The van der Waals surface area contributed by atoms with E-state index in [1.165, 1.54) is 31.2 Å². The second-order valence-corrected chi connectivity index (χ2v) is 7.44. The van der Waals surface area contributed by atoms with Crippen molar-refractivity contribution >= 4 is 16.9 Å². The van der Waals surface area contributed by atoms with Crippen LogP contribution in [0.5, 0.6) is 0 Å². The highest BCUT2D eigenvalue weighted by molar-refractivity contribution is 5.86. The number of aromatic nitrogens is 6. The molecule has 0 spiro atoms. The Morgan fingerprint density at radius 2 is 1.92 bits per heavy atom. The third kappa shape index (κ3) is 3.30. The predicted molar refractivity (Wildman–Crippen MR) is 102 cm³/mol. The van der Waals surface area contributed by atoms with E-state index in [0.717, 1.165) is 42.1 Å². The second kappa shape index (κ2) is 7.05. The Bertz CT molecular complexity index is 889. The number of hydrogen-bond donors (Lipinski definition) is 0. The molecule has 0 saturated heterocycles. The molecule has 1 fully saturated rings. The maximum atomic E-state index is 4.97. The quantitative estimate of drug-likeness (QED) is 0.682. The molecule has 7 heteroatoms. The summed E-state index contributed by atoms with van der Waals surface area (Å²) in [6.45, 7) is 0.944. The maximum absolute atomic E-state index is 4.97. The SMILES string of the molecule is CN(CCCc1cnn(C)c1)c1nc(C2CCCC2)nc2c1cnn2C. The van der Waals surface area contributed by atoms with E-state index >= 15 is 0 Å². The van der Waals surface area contributed by atoms with Gasteiger partial charge in [0.1, 0.15) is 11.6 Å². The molecule has 0 atom stereocenters. The Morgan fingerprint density at radius 3 is 2.65 bits per heavy atom. The summed E-state index contributed by atoms with van der Waals surface area (Å²) in [7, 11) is 6.04. The van der Waals surface area contributed by atoms with Gasteiger partial charge in [-0.05, 0) is 31.2 Å². The number of aryl methyl sites for hydroxylation is 3. The largest absolute Gasteiger partial charge is 0.359 e. The minimum atomic E-state index is 0.497. The van der Waals surface area contributed by atoms with Gasteiger partial charge in [-0.25, -0.2) is 9.97 Å². The first-order valence-corrected chi connectivity index (χ1v) is 9.50. The summed E-state index contributed by atoms with van der Waals surface area (Å²) in [6, 6.07) is 0. The van der Waals surface area contributed by atoms with Crippen LogP contribution in [0, 0.1) is 0 Å². The molecule has 26 heavy (non-hydrogen) atoms. The van der Waals surface area contributed by atoms with E-state index in [9.17, 15) is 0 Å². The fraction of sp³-hybridized carbons (Fsp3) is 0.579. The third-order valence-corrected chi connectivity index (χ3v) is 5.39. The van der Waals surface area contributed by atoms with Crippen LogP contribution in [-0.4, -0.2) is 43.1 Å². The molecule has 3 heterocycles. The summed E-state index contributed by atoms with van der Waals surface area (Å²) < 4.78 is 3.72. The lowest BCUT2D eigenvalue weighted by Crippen LogP contribution is -2.21. The van der Waals surface area contributed by atoms with Crippen LogP contribution in [0.25, 0.3) is 11.0 Å². The first-order valence-electron chi connectivity index (χ1n) is 9.50. The minimum absolute atomic E-state index is 0.497. The fourth-order valence-corrected chi connectivity index (χ4v) is 3.91. The van der Waals surface area contributed by atoms with Crippen LogP contribution in [0.1, 0.15) is 49.4 Å². The lowest BCUT2D eigenvalue weighted by Gasteiger charge is -2.20. The molecule has 0 radical (unpaired) electrons. The molecule has 1 saturated carbocycles. The van der Waals surface area contributed by atoms with Crippen LogP contribution in [0.3, 0.4) is 0 Å². The van der Waals surface area contributed by atoms with Gasteiger partial charge in [0.25, 0.3) is 0 Å². The van der Waals surface area contributed by atoms with Crippen molar-refractivity contribution in [3.8, 4) is 0 Å². The highest BCUT2D eigenvalue weighted by atomic mass is 15.3. The number of nitrogens with zero attached hydrogens (tertiary/aromatic N) is 7. The Morgan fingerprint density at radius 1 is 1.12 bits per heavy atom. The average molecular weight is 353 g/mol. The smallest absolute Gasteiger partial charge is 0.163 e. The van der Waals surface area contributed by atoms with Gasteiger partial charge in [-0.1, -0.05) is 12.8 Å². The molecular weight excluding hydrogens is 326 g/mol. The lowest BCUT2D eigenvalue weighted by molar-refractivity contribution is 0.663. The van der Waals surface area contributed by atoms with Crippen LogP contribution in [0.2, 0.25) is 0 Å². The van der Waals surface area contributed by atoms with Gasteiger partial charge in [-0.3, -0.25) is 9.36 Å².